The Balaban J connectivity index is 1.36. The zero-order chi connectivity index (χ0) is 16.1. The number of anilines is 1. The number of carbonyl (C=O) groups excluding carboxylic acids is 1. The second-order valence-corrected chi connectivity index (χ2v) is 6.50. The minimum absolute atomic E-state index is 0.0731. The summed E-state index contributed by atoms with van der Waals surface area (Å²) in [6.45, 7) is 2.63. The minimum Gasteiger partial charge on any atom is -0.454 e. The van der Waals surface area contributed by atoms with Crippen LogP contribution in [0.1, 0.15) is 15.9 Å². The molecule has 0 radical (unpaired) electrons. The van der Waals surface area contributed by atoms with Crippen LogP contribution in [0.15, 0.2) is 42.5 Å². The van der Waals surface area contributed by atoms with Gasteiger partial charge in [-0.3, -0.25) is 4.79 Å². The van der Waals surface area contributed by atoms with Gasteiger partial charge in [-0.15, -0.1) is 0 Å². The van der Waals surface area contributed by atoms with Gasteiger partial charge in [-0.2, -0.15) is 0 Å². The number of carbonyl (C=O) groups is 1. The highest BCUT2D eigenvalue weighted by molar-refractivity contribution is 5.95. The molecule has 0 saturated carbocycles. The van der Waals surface area contributed by atoms with E-state index >= 15 is 0 Å². The van der Waals surface area contributed by atoms with Gasteiger partial charge in [-0.25, -0.2) is 0 Å². The van der Waals surface area contributed by atoms with Gasteiger partial charge in [-0.05, 0) is 36.2 Å². The molecule has 1 atom stereocenters. The van der Waals surface area contributed by atoms with Crippen molar-refractivity contribution in [2.45, 2.75) is 12.5 Å². The topological polar surface area (TPSA) is 42.0 Å². The van der Waals surface area contributed by atoms with Crippen molar-refractivity contribution in [2.75, 3.05) is 31.3 Å². The summed E-state index contributed by atoms with van der Waals surface area (Å²) < 4.78 is 10.7. The molecule has 0 bridgehead atoms. The molecule has 1 saturated heterocycles. The highest BCUT2D eigenvalue weighted by atomic mass is 16.7. The third kappa shape index (κ3) is 2.04. The Morgan fingerprint density at radius 1 is 1.04 bits per heavy atom. The second-order valence-electron chi connectivity index (χ2n) is 6.50. The van der Waals surface area contributed by atoms with E-state index < -0.39 is 0 Å². The summed E-state index contributed by atoms with van der Waals surface area (Å²) in [7, 11) is 0. The van der Waals surface area contributed by atoms with Crippen LogP contribution in [0.2, 0.25) is 0 Å². The maximum Gasteiger partial charge on any atom is 0.254 e. The fourth-order valence-electron chi connectivity index (χ4n) is 3.96. The third-order valence-electron chi connectivity index (χ3n) is 5.15. The van der Waals surface area contributed by atoms with E-state index in [4.69, 9.17) is 9.47 Å². The summed E-state index contributed by atoms with van der Waals surface area (Å²) in [6.07, 6.45) is 1.01. The van der Waals surface area contributed by atoms with E-state index in [2.05, 4.69) is 29.2 Å². The van der Waals surface area contributed by atoms with Gasteiger partial charge in [0.05, 0.1) is 6.04 Å². The lowest BCUT2D eigenvalue weighted by molar-refractivity contribution is 0.0725. The molecule has 5 heteroatoms. The highest BCUT2D eigenvalue weighted by Gasteiger charge is 2.35. The predicted octanol–water partition coefficient (Wildman–Crippen LogP) is 2.30. The molecule has 5 nitrogen and oxygen atoms in total. The van der Waals surface area contributed by atoms with Crippen molar-refractivity contribution < 1.29 is 14.3 Å². The van der Waals surface area contributed by atoms with E-state index in [-0.39, 0.29) is 12.7 Å². The molecule has 1 fully saturated rings. The largest absolute Gasteiger partial charge is 0.454 e. The zero-order valence-corrected chi connectivity index (χ0v) is 13.3. The van der Waals surface area contributed by atoms with Crippen molar-refractivity contribution in [3.63, 3.8) is 0 Å². The molecule has 2 aromatic carbocycles. The van der Waals surface area contributed by atoms with Gasteiger partial charge in [0.1, 0.15) is 0 Å². The van der Waals surface area contributed by atoms with Gasteiger partial charge < -0.3 is 19.3 Å². The first-order valence-corrected chi connectivity index (χ1v) is 8.33. The summed E-state index contributed by atoms with van der Waals surface area (Å²) in [5.74, 6) is 1.44. The number of benzene rings is 2. The Kier molecular flexibility index (Phi) is 2.95. The van der Waals surface area contributed by atoms with E-state index in [1.807, 2.05) is 17.0 Å². The van der Waals surface area contributed by atoms with Gasteiger partial charge in [0, 0.05) is 30.9 Å². The summed E-state index contributed by atoms with van der Waals surface area (Å²) in [4.78, 5) is 17.3. The molecule has 122 valence electrons. The molecular weight excluding hydrogens is 304 g/mol. The summed E-state index contributed by atoms with van der Waals surface area (Å²) >= 11 is 0. The number of nitrogens with zero attached hydrogens (tertiary/aromatic N) is 2. The fourth-order valence-corrected chi connectivity index (χ4v) is 3.96. The van der Waals surface area contributed by atoms with Gasteiger partial charge in [-0.1, -0.05) is 18.2 Å². The Morgan fingerprint density at radius 2 is 1.92 bits per heavy atom. The summed E-state index contributed by atoms with van der Waals surface area (Å²) in [6, 6.07) is 14.4. The van der Waals surface area contributed by atoms with Crippen LogP contribution in [-0.2, 0) is 6.42 Å². The van der Waals surface area contributed by atoms with Crippen LogP contribution in [-0.4, -0.2) is 43.3 Å². The number of piperazine rings is 1. The van der Waals surface area contributed by atoms with Gasteiger partial charge >= 0.3 is 0 Å². The van der Waals surface area contributed by atoms with Crippen molar-refractivity contribution in [3.8, 4) is 11.5 Å². The molecule has 0 aliphatic carbocycles. The van der Waals surface area contributed by atoms with E-state index in [0.717, 1.165) is 26.1 Å². The second kappa shape index (κ2) is 5.16. The molecule has 3 aliphatic heterocycles. The maximum absolute atomic E-state index is 12.9. The van der Waals surface area contributed by atoms with Crippen LogP contribution in [0.3, 0.4) is 0 Å². The molecule has 24 heavy (non-hydrogen) atoms. The number of amides is 1. The first-order valence-electron chi connectivity index (χ1n) is 8.33. The molecule has 0 N–H and O–H groups in total. The van der Waals surface area contributed by atoms with Crippen molar-refractivity contribution >= 4 is 11.6 Å². The Labute approximate surface area is 140 Å². The van der Waals surface area contributed by atoms with E-state index in [1.165, 1.54) is 11.3 Å². The van der Waals surface area contributed by atoms with Crippen LogP contribution >= 0.6 is 0 Å². The van der Waals surface area contributed by atoms with Crippen molar-refractivity contribution in [1.29, 1.82) is 0 Å². The maximum atomic E-state index is 12.9. The summed E-state index contributed by atoms with van der Waals surface area (Å²) in [5.41, 5.74) is 3.39. The Morgan fingerprint density at radius 3 is 2.88 bits per heavy atom. The molecule has 1 unspecified atom stereocenters. The van der Waals surface area contributed by atoms with Gasteiger partial charge in [0.25, 0.3) is 5.91 Å². The lowest BCUT2D eigenvalue weighted by Crippen LogP contribution is -2.53. The van der Waals surface area contributed by atoms with Gasteiger partial charge in [0.15, 0.2) is 11.5 Å². The van der Waals surface area contributed by atoms with Crippen LogP contribution < -0.4 is 14.4 Å². The Bertz CT molecular complexity index is 820. The van der Waals surface area contributed by atoms with Gasteiger partial charge in [0.2, 0.25) is 6.79 Å². The lowest BCUT2D eigenvalue weighted by atomic mass is 10.1. The van der Waals surface area contributed by atoms with Crippen LogP contribution in [0.4, 0.5) is 5.69 Å². The highest BCUT2D eigenvalue weighted by Crippen LogP contribution is 2.35. The average molecular weight is 322 g/mol. The fraction of sp³-hybridized carbons (Fsp3) is 0.316. The zero-order valence-electron chi connectivity index (χ0n) is 13.3. The minimum atomic E-state index is 0.0731. The average Bonchev–Trinajstić information content (AvgIpc) is 3.23. The molecule has 0 aromatic heterocycles. The van der Waals surface area contributed by atoms with Crippen molar-refractivity contribution in [3.05, 3.63) is 53.6 Å². The number of hydrogen-bond donors (Lipinski definition) is 0. The first-order chi connectivity index (χ1) is 11.8. The van der Waals surface area contributed by atoms with E-state index in [9.17, 15) is 4.79 Å². The number of hydrogen-bond acceptors (Lipinski definition) is 4. The van der Waals surface area contributed by atoms with Crippen molar-refractivity contribution in [1.82, 2.24) is 4.90 Å². The lowest BCUT2D eigenvalue weighted by Gasteiger charge is -2.39. The van der Waals surface area contributed by atoms with E-state index in [1.54, 1.807) is 6.07 Å². The molecule has 3 heterocycles. The third-order valence-corrected chi connectivity index (χ3v) is 5.15. The normalized spacial score (nSPS) is 20.8. The Hall–Kier alpha value is -2.69. The van der Waals surface area contributed by atoms with Crippen LogP contribution in [0, 0.1) is 0 Å². The molecule has 5 rings (SSSR count). The quantitative estimate of drug-likeness (QED) is 0.808. The number of para-hydroxylation sites is 1. The van der Waals surface area contributed by atoms with Crippen LogP contribution in [0.5, 0.6) is 11.5 Å². The van der Waals surface area contributed by atoms with Crippen molar-refractivity contribution in [2.24, 2.45) is 0 Å². The van der Waals surface area contributed by atoms with Crippen LogP contribution in [0.25, 0.3) is 0 Å². The summed E-state index contributed by atoms with van der Waals surface area (Å²) in [5, 5.41) is 0. The molecule has 3 aliphatic rings. The predicted molar refractivity (Wildman–Crippen MR) is 89.7 cm³/mol. The SMILES string of the molecule is O=C(c1ccc2c(c1)OCO2)N1CCN2c3ccccc3CC2C1. The van der Waals surface area contributed by atoms with E-state index in [0.29, 0.717) is 23.1 Å². The number of ether oxygens (including phenoxy) is 2. The monoisotopic (exact) mass is 322 g/mol. The molecule has 0 spiro atoms. The molecule has 1 amide bonds. The standard InChI is InChI=1S/C19H18N2O3/c22-19(14-5-6-17-18(10-14)24-12-23-17)20-7-8-21-15(11-20)9-13-3-1-2-4-16(13)21/h1-6,10,15H,7-9,11-12H2. The number of rotatable bonds is 1. The smallest absolute Gasteiger partial charge is 0.254 e. The number of fused-ring (bicyclic) bond motifs is 4. The first kappa shape index (κ1) is 13.7. The molecular formula is C19H18N2O3. The molecule has 2 aromatic rings.